The number of imidazole rings is 1. The van der Waals surface area contributed by atoms with Gasteiger partial charge in [0.1, 0.15) is 5.69 Å². The second-order valence-electron chi connectivity index (χ2n) is 10.3. The van der Waals surface area contributed by atoms with Gasteiger partial charge in [0.05, 0.1) is 18.0 Å². The number of nitrogens with zero attached hydrogens (tertiary/aromatic N) is 3. The van der Waals surface area contributed by atoms with E-state index in [1.807, 2.05) is 31.5 Å². The Morgan fingerprint density at radius 3 is 2.76 bits per heavy atom. The van der Waals surface area contributed by atoms with Gasteiger partial charge in [0, 0.05) is 28.4 Å². The summed E-state index contributed by atoms with van der Waals surface area (Å²) < 4.78 is 38.5. The Labute approximate surface area is 227 Å². The Bertz CT molecular complexity index is 1460. The molecule has 0 spiro atoms. The van der Waals surface area contributed by atoms with Crippen LogP contribution in [0.2, 0.25) is 0 Å². The van der Waals surface area contributed by atoms with E-state index in [1.54, 1.807) is 34.9 Å². The van der Waals surface area contributed by atoms with E-state index in [-0.39, 0.29) is 22.8 Å². The van der Waals surface area contributed by atoms with Crippen molar-refractivity contribution in [2.24, 2.45) is 5.41 Å². The van der Waals surface area contributed by atoms with Crippen LogP contribution in [0.5, 0.6) is 11.5 Å². The second-order valence-corrected chi connectivity index (χ2v) is 12.0. The van der Waals surface area contributed by atoms with Gasteiger partial charge in [-0.2, -0.15) is 8.78 Å². The van der Waals surface area contributed by atoms with E-state index in [2.05, 4.69) is 15.3 Å². The Morgan fingerprint density at radius 2 is 2.05 bits per heavy atom. The van der Waals surface area contributed by atoms with Crippen LogP contribution in [-0.2, 0) is 0 Å². The number of halogens is 2. The number of benzene rings is 1. The van der Waals surface area contributed by atoms with E-state index >= 15 is 0 Å². The van der Waals surface area contributed by atoms with E-state index in [0.717, 1.165) is 18.5 Å². The van der Waals surface area contributed by atoms with Crippen molar-refractivity contribution in [1.29, 1.82) is 0 Å². The lowest BCUT2D eigenvalue weighted by atomic mass is 9.83. The van der Waals surface area contributed by atoms with Gasteiger partial charge in [-0.1, -0.05) is 39.3 Å². The summed E-state index contributed by atoms with van der Waals surface area (Å²) >= 11 is 2.82. The Kier molecular flexibility index (Phi) is 7.49. The van der Waals surface area contributed by atoms with Crippen LogP contribution < -0.4 is 14.8 Å². The molecule has 1 aromatic carbocycles. The summed E-state index contributed by atoms with van der Waals surface area (Å²) in [7, 11) is 0. The predicted molar refractivity (Wildman–Crippen MR) is 147 cm³/mol. The molecule has 0 atom stereocenters. The van der Waals surface area contributed by atoms with Gasteiger partial charge in [0.2, 0.25) is 0 Å². The summed E-state index contributed by atoms with van der Waals surface area (Å²) in [6.07, 6.45) is 8.64. The average Bonchev–Trinajstić information content (AvgIpc) is 3.51. The molecule has 0 radical (unpaired) electrons. The van der Waals surface area contributed by atoms with Gasteiger partial charge in [0.15, 0.2) is 21.6 Å². The van der Waals surface area contributed by atoms with Crippen LogP contribution in [0.15, 0.2) is 35.2 Å². The standard InChI is InChI=1S/C27H28F2N4O3S2/c1-27(2,3)15-35-22-17(8-5-9-20(22)36-24(28)29)10-11-18-21(33-12-13-37-26(33)31-18)23(34)32-25-30-19(14-38-25)16-6-4-7-16/h5,8-14,16,24H,4,6-7,15H2,1-3H3,(H,30,32,34). The molecule has 1 aliphatic rings. The van der Waals surface area contributed by atoms with E-state index in [1.165, 1.54) is 35.2 Å². The van der Waals surface area contributed by atoms with Crippen LogP contribution in [0.4, 0.5) is 13.9 Å². The summed E-state index contributed by atoms with van der Waals surface area (Å²) in [4.78, 5) is 23.3. The first-order valence-corrected chi connectivity index (χ1v) is 14.0. The molecule has 1 fully saturated rings. The molecule has 7 nitrogen and oxygen atoms in total. The number of carbonyl (C=O) groups excluding carboxylic acids is 1. The molecule has 0 bridgehead atoms. The molecular formula is C27H28F2N4O3S2. The molecular weight excluding hydrogens is 530 g/mol. The fraction of sp³-hybridized carbons (Fsp3) is 0.370. The molecule has 1 N–H and O–H groups in total. The molecule has 3 heterocycles. The highest BCUT2D eigenvalue weighted by atomic mass is 32.1. The van der Waals surface area contributed by atoms with E-state index in [9.17, 15) is 13.6 Å². The van der Waals surface area contributed by atoms with Gasteiger partial charge in [-0.15, -0.1) is 22.7 Å². The van der Waals surface area contributed by atoms with Crippen molar-refractivity contribution in [2.45, 2.75) is 52.6 Å². The third kappa shape index (κ3) is 5.88. The molecule has 3 aromatic heterocycles. The Morgan fingerprint density at radius 1 is 1.24 bits per heavy atom. The van der Waals surface area contributed by atoms with Crippen molar-refractivity contribution in [3.8, 4) is 11.5 Å². The van der Waals surface area contributed by atoms with Crippen LogP contribution in [0.3, 0.4) is 0 Å². The number of nitrogens with one attached hydrogen (secondary N) is 1. The summed E-state index contributed by atoms with van der Waals surface area (Å²) in [5, 5.41) is 7.33. The molecule has 0 unspecified atom stereocenters. The van der Waals surface area contributed by atoms with Crippen molar-refractivity contribution in [1.82, 2.24) is 14.4 Å². The predicted octanol–water partition coefficient (Wildman–Crippen LogP) is 7.57. The molecule has 0 saturated heterocycles. The molecule has 5 rings (SSSR count). The minimum atomic E-state index is -2.99. The number of rotatable bonds is 9. The first kappa shape index (κ1) is 26.3. The van der Waals surface area contributed by atoms with Crippen molar-refractivity contribution >= 4 is 50.8 Å². The number of amides is 1. The van der Waals surface area contributed by atoms with Gasteiger partial charge < -0.3 is 9.47 Å². The molecule has 1 aliphatic carbocycles. The number of aromatic nitrogens is 3. The number of alkyl halides is 2. The maximum atomic E-state index is 13.4. The fourth-order valence-corrected chi connectivity index (χ4v) is 5.51. The van der Waals surface area contributed by atoms with E-state index in [0.29, 0.717) is 39.6 Å². The second kappa shape index (κ2) is 10.8. The molecule has 1 saturated carbocycles. The summed E-state index contributed by atoms with van der Waals surface area (Å²) in [5.74, 6) is 0.302. The number of hydrogen-bond acceptors (Lipinski definition) is 7. The number of hydrogen-bond donors (Lipinski definition) is 1. The third-order valence-corrected chi connectivity index (χ3v) is 7.60. The van der Waals surface area contributed by atoms with Gasteiger partial charge >= 0.3 is 6.61 Å². The molecule has 1 amide bonds. The highest BCUT2D eigenvalue weighted by molar-refractivity contribution is 7.15. The Balaban J connectivity index is 1.44. The van der Waals surface area contributed by atoms with Gasteiger partial charge in [-0.25, -0.2) is 9.97 Å². The lowest BCUT2D eigenvalue weighted by Crippen LogP contribution is -2.18. The lowest BCUT2D eigenvalue weighted by Gasteiger charge is -2.22. The van der Waals surface area contributed by atoms with Crippen LogP contribution in [0.1, 0.15) is 73.4 Å². The quantitative estimate of drug-likeness (QED) is 0.229. The number of carbonyl (C=O) groups is 1. The van der Waals surface area contributed by atoms with Gasteiger partial charge in [-0.05, 0) is 36.5 Å². The smallest absolute Gasteiger partial charge is 0.387 e. The number of thiazole rings is 2. The zero-order chi connectivity index (χ0) is 26.9. The first-order chi connectivity index (χ1) is 18.2. The Hall–Kier alpha value is -3.31. The SMILES string of the molecule is CC(C)(C)COc1c(C=Cc2nc3sccn3c2C(=O)Nc2nc(C3CCC3)cs2)cccc1OC(F)F. The topological polar surface area (TPSA) is 77.8 Å². The highest BCUT2D eigenvalue weighted by Gasteiger charge is 2.24. The zero-order valence-electron chi connectivity index (χ0n) is 21.2. The van der Waals surface area contributed by atoms with Crippen molar-refractivity contribution in [2.75, 3.05) is 11.9 Å². The summed E-state index contributed by atoms with van der Waals surface area (Å²) in [6, 6.07) is 4.80. The molecule has 200 valence electrons. The largest absolute Gasteiger partial charge is 0.489 e. The number of anilines is 1. The van der Waals surface area contributed by atoms with Crippen molar-refractivity contribution in [3.63, 3.8) is 0 Å². The monoisotopic (exact) mass is 558 g/mol. The molecule has 38 heavy (non-hydrogen) atoms. The number of fused-ring (bicyclic) bond motifs is 1. The average molecular weight is 559 g/mol. The molecule has 11 heteroatoms. The van der Waals surface area contributed by atoms with Crippen molar-refractivity contribution < 1.29 is 23.0 Å². The van der Waals surface area contributed by atoms with Crippen LogP contribution >= 0.6 is 22.7 Å². The molecule has 4 aromatic rings. The van der Waals surface area contributed by atoms with E-state index in [4.69, 9.17) is 9.47 Å². The number of ether oxygens (including phenoxy) is 2. The van der Waals surface area contributed by atoms with Crippen LogP contribution in [0.25, 0.3) is 17.1 Å². The van der Waals surface area contributed by atoms with E-state index < -0.39 is 6.61 Å². The van der Waals surface area contributed by atoms with Crippen LogP contribution in [0, 0.1) is 5.41 Å². The first-order valence-electron chi connectivity index (χ1n) is 12.3. The fourth-order valence-electron chi connectivity index (χ4n) is 4.00. The molecule has 0 aliphatic heterocycles. The third-order valence-electron chi connectivity index (χ3n) is 6.07. The van der Waals surface area contributed by atoms with Gasteiger partial charge in [0.25, 0.3) is 5.91 Å². The summed E-state index contributed by atoms with van der Waals surface area (Å²) in [5.41, 5.74) is 2.15. The minimum Gasteiger partial charge on any atom is -0.489 e. The summed E-state index contributed by atoms with van der Waals surface area (Å²) in [6.45, 7) is 3.26. The normalized spacial score (nSPS) is 14.4. The highest BCUT2D eigenvalue weighted by Crippen LogP contribution is 2.38. The number of para-hydroxylation sites is 1. The maximum Gasteiger partial charge on any atom is 0.387 e. The lowest BCUT2D eigenvalue weighted by molar-refractivity contribution is -0.0517. The van der Waals surface area contributed by atoms with Crippen LogP contribution in [-0.4, -0.2) is 33.5 Å². The minimum absolute atomic E-state index is 0.0544. The van der Waals surface area contributed by atoms with Gasteiger partial charge in [-0.3, -0.25) is 14.5 Å². The maximum absolute atomic E-state index is 13.4. The zero-order valence-corrected chi connectivity index (χ0v) is 22.9. The van der Waals surface area contributed by atoms with Crippen molar-refractivity contribution in [3.05, 3.63) is 57.8 Å².